The van der Waals surface area contributed by atoms with Gasteiger partial charge >= 0.3 is 0 Å². The van der Waals surface area contributed by atoms with Crippen molar-refractivity contribution in [1.82, 2.24) is 15.6 Å². The van der Waals surface area contributed by atoms with E-state index in [1.807, 2.05) is 17.5 Å². The molecule has 1 aliphatic heterocycles. The van der Waals surface area contributed by atoms with Gasteiger partial charge < -0.3 is 15.1 Å². The minimum atomic E-state index is -0.0273. The predicted molar refractivity (Wildman–Crippen MR) is 96.6 cm³/mol. The average molecular weight is 376 g/mol. The molecular formula is C15H19Cl2N3O2S. The Hall–Kier alpha value is -1.34. The first-order valence-corrected chi connectivity index (χ1v) is 7.83. The van der Waals surface area contributed by atoms with Gasteiger partial charge in [0.05, 0.1) is 17.0 Å². The van der Waals surface area contributed by atoms with Crippen LogP contribution < -0.4 is 10.6 Å². The summed E-state index contributed by atoms with van der Waals surface area (Å²) in [5.41, 5.74) is 1.94. The molecular weight excluding hydrogens is 357 g/mol. The first kappa shape index (κ1) is 19.7. The minimum Gasteiger partial charge on any atom is -0.444 e. The third-order valence-electron chi connectivity index (χ3n) is 3.30. The van der Waals surface area contributed by atoms with Crippen molar-refractivity contribution in [3.05, 3.63) is 41.1 Å². The molecule has 126 valence electrons. The van der Waals surface area contributed by atoms with Gasteiger partial charge in [0.25, 0.3) is 0 Å². The van der Waals surface area contributed by atoms with Gasteiger partial charge in [-0.05, 0) is 24.4 Å². The molecule has 0 bridgehead atoms. The Labute approximate surface area is 151 Å². The number of halogens is 2. The average Bonchev–Trinajstić information content (AvgIpc) is 3.17. The number of oxazole rings is 1. The van der Waals surface area contributed by atoms with Crippen molar-refractivity contribution in [2.45, 2.75) is 12.8 Å². The van der Waals surface area contributed by atoms with E-state index in [2.05, 4.69) is 21.7 Å². The highest BCUT2D eigenvalue weighted by atomic mass is 35.5. The fraction of sp³-hybridized carbons (Fsp3) is 0.333. The molecule has 23 heavy (non-hydrogen) atoms. The number of rotatable bonds is 5. The van der Waals surface area contributed by atoms with E-state index in [0.717, 1.165) is 24.4 Å². The zero-order valence-electron chi connectivity index (χ0n) is 12.4. The lowest BCUT2D eigenvalue weighted by molar-refractivity contribution is -0.120. The van der Waals surface area contributed by atoms with E-state index < -0.39 is 0 Å². The topological polar surface area (TPSA) is 67.2 Å². The molecule has 0 radical (unpaired) electrons. The first-order chi connectivity index (χ1) is 10.3. The Morgan fingerprint density at radius 2 is 2.30 bits per heavy atom. The molecule has 5 nitrogen and oxygen atoms in total. The normalized spacial score (nSPS) is 13.5. The lowest BCUT2D eigenvalue weighted by atomic mass is 10.1. The van der Waals surface area contributed by atoms with Crippen molar-refractivity contribution in [3.63, 3.8) is 0 Å². The predicted octanol–water partition coefficient (Wildman–Crippen LogP) is 2.83. The van der Waals surface area contributed by atoms with Crippen LogP contribution in [0.15, 0.2) is 39.8 Å². The number of hydrogen-bond acceptors (Lipinski definition) is 5. The molecule has 1 amide bonds. The molecule has 1 aliphatic rings. The monoisotopic (exact) mass is 375 g/mol. The van der Waals surface area contributed by atoms with Gasteiger partial charge in [-0.15, -0.1) is 36.2 Å². The number of carbonyl (C=O) groups is 1. The van der Waals surface area contributed by atoms with Gasteiger partial charge in [0.2, 0.25) is 11.8 Å². The molecule has 8 heteroatoms. The summed E-state index contributed by atoms with van der Waals surface area (Å²) in [6.07, 6.45) is 4.93. The maximum Gasteiger partial charge on any atom is 0.236 e. The summed E-state index contributed by atoms with van der Waals surface area (Å²) in [6, 6.07) is 3.90. The van der Waals surface area contributed by atoms with Gasteiger partial charge in [0.15, 0.2) is 0 Å². The number of amides is 1. The van der Waals surface area contributed by atoms with Crippen LogP contribution in [0.25, 0.3) is 10.8 Å². The molecule has 3 heterocycles. The lowest BCUT2D eigenvalue weighted by Gasteiger charge is -2.14. The van der Waals surface area contributed by atoms with Crippen LogP contribution in [-0.2, 0) is 11.2 Å². The second-order valence-corrected chi connectivity index (χ2v) is 5.84. The molecule has 0 saturated carbocycles. The van der Waals surface area contributed by atoms with E-state index in [4.69, 9.17) is 4.42 Å². The zero-order chi connectivity index (χ0) is 14.5. The fourth-order valence-corrected chi connectivity index (χ4v) is 2.83. The van der Waals surface area contributed by atoms with Crippen LogP contribution in [-0.4, -0.2) is 30.5 Å². The quantitative estimate of drug-likeness (QED) is 0.788. The molecule has 0 aromatic carbocycles. The molecule has 2 N–H and O–H groups in total. The Bertz CT molecular complexity index is 641. The van der Waals surface area contributed by atoms with Crippen molar-refractivity contribution < 1.29 is 9.21 Å². The van der Waals surface area contributed by atoms with E-state index in [1.165, 1.54) is 5.57 Å². The second-order valence-electron chi connectivity index (χ2n) is 4.89. The molecule has 0 spiro atoms. The van der Waals surface area contributed by atoms with E-state index >= 15 is 0 Å². The second kappa shape index (κ2) is 9.72. The molecule has 0 atom stereocenters. The van der Waals surface area contributed by atoms with Gasteiger partial charge in [-0.3, -0.25) is 4.79 Å². The van der Waals surface area contributed by atoms with Crippen LogP contribution in [0.2, 0.25) is 0 Å². The summed E-state index contributed by atoms with van der Waals surface area (Å²) >= 11 is 1.57. The summed E-state index contributed by atoms with van der Waals surface area (Å²) in [5.74, 6) is 0.550. The zero-order valence-corrected chi connectivity index (χ0v) is 14.9. The van der Waals surface area contributed by atoms with Crippen molar-refractivity contribution >= 4 is 42.1 Å². The highest BCUT2D eigenvalue weighted by molar-refractivity contribution is 7.13. The summed E-state index contributed by atoms with van der Waals surface area (Å²) in [6.45, 7) is 2.49. The molecule has 0 fully saturated rings. The fourth-order valence-electron chi connectivity index (χ4n) is 2.17. The smallest absolute Gasteiger partial charge is 0.236 e. The van der Waals surface area contributed by atoms with Crippen LogP contribution in [0.1, 0.15) is 12.1 Å². The van der Waals surface area contributed by atoms with Crippen LogP contribution in [0, 0.1) is 0 Å². The Balaban J connectivity index is 0.00000132. The SMILES string of the molecule is Cl.Cl.O=C(Cc1coc(-c2cccs2)n1)NCC1=CCNCC1. The first-order valence-electron chi connectivity index (χ1n) is 6.95. The maximum absolute atomic E-state index is 11.9. The van der Waals surface area contributed by atoms with E-state index in [9.17, 15) is 4.79 Å². The molecule has 0 aliphatic carbocycles. The standard InChI is InChI=1S/C15H17N3O2S.2ClH/c19-14(17-9-11-3-5-16-6-4-11)8-12-10-20-15(18-12)13-2-1-7-21-13;;/h1-3,7,10,16H,4-6,8-9H2,(H,17,19);2*1H. The Morgan fingerprint density at radius 1 is 1.43 bits per heavy atom. The lowest BCUT2D eigenvalue weighted by Crippen LogP contribution is -2.30. The summed E-state index contributed by atoms with van der Waals surface area (Å²) < 4.78 is 5.40. The van der Waals surface area contributed by atoms with Crippen LogP contribution >= 0.6 is 36.2 Å². The highest BCUT2D eigenvalue weighted by Crippen LogP contribution is 2.23. The van der Waals surface area contributed by atoms with E-state index in [-0.39, 0.29) is 37.1 Å². The third-order valence-corrected chi connectivity index (χ3v) is 4.15. The van der Waals surface area contributed by atoms with Crippen molar-refractivity contribution in [3.8, 4) is 10.8 Å². The van der Waals surface area contributed by atoms with Gasteiger partial charge in [0, 0.05) is 13.1 Å². The number of nitrogens with zero attached hydrogens (tertiary/aromatic N) is 1. The Kier molecular flexibility index (Phi) is 8.33. The van der Waals surface area contributed by atoms with E-state index in [0.29, 0.717) is 18.1 Å². The highest BCUT2D eigenvalue weighted by Gasteiger charge is 2.11. The largest absolute Gasteiger partial charge is 0.444 e. The van der Waals surface area contributed by atoms with Gasteiger partial charge in [-0.25, -0.2) is 4.98 Å². The molecule has 0 unspecified atom stereocenters. The van der Waals surface area contributed by atoms with E-state index in [1.54, 1.807) is 17.6 Å². The van der Waals surface area contributed by atoms with Crippen LogP contribution in [0.5, 0.6) is 0 Å². The number of nitrogens with one attached hydrogen (secondary N) is 2. The van der Waals surface area contributed by atoms with Crippen LogP contribution in [0.3, 0.4) is 0 Å². The van der Waals surface area contributed by atoms with Gasteiger partial charge in [0.1, 0.15) is 6.26 Å². The number of aromatic nitrogens is 1. The maximum atomic E-state index is 11.9. The van der Waals surface area contributed by atoms with Crippen molar-refractivity contribution in [2.75, 3.05) is 19.6 Å². The number of carbonyl (C=O) groups excluding carboxylic acids is 1. The molecule has 2 aromatic rings. The summed E-state index contributed by atoms with van der Waals surface area (Å²) in [7, 11) is 0. The number of thiophene rings is 1. The van der Waals surface area contributed by atoms with Crippen LogP contribution in [0.4, 0.5) is 0 Å². The van der Waals surface area contributed by atoms with Gasteiger partial charge in [-0.2, -0.15) is 0 Å². The third kappa shape index (κ3) is 5.66. The summed E-state index contributed by atoms with van der Waals surface area (Å²) in [5, 5.41) is 8.15. The van der Waals surface area contributed by atoms with Gasteiger partial charge in [-0.1, -0.05) is 17.7 Å². The number of hydrogen-bond donors (Lipinski definition) is 2. The minimum absolute atomic E-state index is 0. The Morgan fingerprint density at radius 3 is 3.00 bits per heavy atom. The van der Waals surface area contributed by atoms with Crippen molar-refractivity contribution in [1.29, 1.82) is 0 Å². The molecule has 3 rings (SSSR count). The summed E-state index contributed by atoms with van der Waals surface area (Å²) in [4.78, 5) is 17.2. The molecule has 0 saturated heterocycles. The molecule has 2 aromatic heterocycles. The van der Waals surface area contributed by atoms with Crippen molar-refractivity contribution in [2.24, 2.45) is 0 Å².